The highest BCUT2D eigenvalue weighted by Gasteiger charge is 2.14. The van der Waals surface area contributed by atoms with Crippen molar-refractivity contribution in [1.82, 2.24) is 0 Å². The smallest absolute Gasteiger partial charge is 0.274 e. The average molecular weight is 327 g/mol. The first-order valence-corrected chi connectivity index (χ1v) is 6.77. The molecule has 0 fully saturated rings. The van der Waals surface area contributed by atoms with E-state index in [0.717, 1.165) is 0 Å². The Kier molecular flexibility index (Phi) is 4.88. The van der Waals surface area contributed by atoms with E-state index in [0.29, 0.717) is 27.0 Å². The summed E-state index contributed by atoms with van der Waals surface area (Å²) in [6.45, 7) is 0.230. The maximum Gasteiger partial charge on any atom is 0.274 e. The number of rotatable bonds is 5. The Labute approximate surface area is 131 Å². The second-order valence-electron chi connectivity index (χ2n) is 4.23. The standard InChI is InChI=1S/C14H12Cl2N2O3/c1-21-14-5-3-11(16)7-12(14)17-8-9-6-10(15)2-4-13(9)18(19)20/h2-7,17H,8H2,1H3. The van der Waals surface area contributed by atoms with E-state index >= 15 is 0 Å². The third kappa shape index (κ3) is 3.77. The fourth-order valence-electron chi connectivity index (χ4n) is 1.88. The minimum absolute atomic E-state index is 0.00731. The van der Waals surface area contributed by atoms with Gasteiger partial charge in [-0.05, 0) is 30.3 Å². The summed E-state index contributed by atoms with van der Waals surface area (Å²) in [5.74, 6) is 0.601. The summed E-state index contributed by atoms with van der Waals surface area (Å²) < 4.78 is 5.21. The molecule has 2 aromatic rings. The number of methoxy groups -OCH3 is 1. The van der Waals surface area contributed by atoms with Crippen molar-refractivity contribution in [3.8, 4) is 5.75 Å². The molecular formula is C14H12Cl2N2O3. The zero-order valence-corrected chi connectivity index (χ0v) is 12.6. The van der Waals surface area contributed by atoms with E-state index in [1.165, 1.54) is 19.2 Å². The number of anilines is 1. The molecule has 1 N–H and O–H groups in total. The first kappa shape index (κ1) is 15.4. The van der Waals surface area contributed by atoms with E-state index in [-0.39, 0.29) is 12.2 Å². The number of hydrogen-bond acceptors (Lipinski definition) is 4. The molecule has 0 saturated heterocycles. The molecular weight excluding hydrogens is 315 g/mol. The number of nitrogens with zero attached hydrogens (tertiary/aromatic N) is 1. The molecule has 21 heavy (non-hydrogen) atoms. The Bertz CT molecular complexity index is 677. The predicted molar refractivity (Wildman–Crippen MR) is 83.4 cm³/mol. The molecule has 0 heterocycles. The molecule has 0 aliphatic carbocycles. The molecule has 110 valence electrons. The molecule has 0 unspecified atom stereocenters. The van der Waals surface area contributed by atoms with Crippen LogP contribution in [0.15, 0.2) is 36.4 Å². The largest absolute Gasteiger partial charge is 0.495 e. The molecule has 0 bridgehead atoms. The van der Waals surface area contributed by atoms with Crippen molar-refractivity contribution in [3.05, 3.63) is 62.1 Å². The van der Waals surface area contributed by atoms with E-state index < -0.39 is 4.92 Å². The Balaban J connectivity index is 2.26. The van der Waals surface area contributed by atoms with Gasteiger partial charge in [0.15, 0.2) is 0 Å². The van der Waals surface area contributed by atoms with Crippen LogP contribution in [0.2, 0.25) is 10.0 Å². The van der Waals surface area contributed by atoms with Crippen molar-refractivity contribution < 1.29 is 9.66 Å². The molecule has 2 rings (SSSR count). The van der Waals surface area contributed by atoms with Gasteiger partial charge in [-0.1, -0.05) is 23.2 Å². The third-order valence-corrected chi connectivity index (χ3v) is 3.34. The summed E-state index contributed by atoms with van der Waals surface area (Å²) in [4.78, 5) is 10.6. The quantitative estimate of drug-likeness (QED) is 0.648. The summed E-state index contributed by atoms with van der Waals surface area (Å²) >= 11 is 11.8. The van der Waals surface area contributed by atoms with E-state index in [1.54, 1.807) is 24.3 Å². The van der Waals surface area contributed by atoms with Gasteiger partial charge in [-0.15, -0.1) is 0 Å². The van der Waals surface area contributed by atoms with Crippen molar-refractivity contribution in [3.63, 3.8) is 0 Å². The van der Waals surface area contributed by atoms with Crippen LogP contribution in [-0.4, -0.2) is 12.0 Å². The lowest BCUT2D eigenvalue weighted by molar-refractivity contribution is -0.385. The minimum atomic E-state index is -0.442. The van der Waals surface area contributed by atoms with Gasteiger partial charge < -0.3 is 10.1 Å². The van der Waals surface area contributed by atoms with Crippen LogP contribution in [0.25, 0.3) is 0 Å². The highest BCUT2D eigenvalue weighted by atomic mass is 35.5. The predicted octanol–water partition coefficient (Wildman–Crippen LogP) is 4.52. The van der Waals surface area contributed by atoms with Crippen LogP contribution in [0.1, 0.15) is 5.56 Å². The van der Waals surface area contributed by atoms with Crippen molar-refractivity contribution >= 4 is 34.6 Å². The second-order valence-corrected chi connectivity index (χ2v) is 5.10. The number of hydrogen-bond donors (Lipinski definition) is 1. The van der Waals surface area contributed by atoms with Crippen molar-refractivity contribution in [2.45, 2.75) is 6.54 Å². The number of nitro groups is 1. The van der Waals surface area contributed by atoms with Crippen molar-refractivity contribution in [2.75, 3.05) is 12.4 Å². The maximum absolute atomic E-state index is 11.0. The maximum atomic E-state index is 11.0. The Morgan fingerprint density at radius 3 is 2.52 bits per heavy atom. The van der Waals surface area contributed by atoms with E-state index in [2.05, 4.69) is 5.32 Å². The number of benzene rings is 2. The van der Waals surface area contributed by atoms with Gasteiger partial charge >= 0.3 is 0 Å². The number of ether oxygens (including phenoxy) is 1. The summed E-state index contributed by atoms with van der Waals surface area (Å²) in [6, 6.07) is 9.54. The van der Waals surface area contributed by atoms with Gasteiger partial charge in [0.25, 0.3) is 5.69 Å². The topological polar surface area (TPSA) is 64.4 Å². The van der Waals surface area contributed by atoms with Gasteiger partial charge in [-0.2, -0.15) is 0 Å². The van der Waals surface area contributed by atoms with E-state index in [9.17, 15) is 10.1 Å². The van der Waals surface area contributed by atoms with E-state index in [1.807, 2.05) is 0 Å². The molecule has 0 saturated carbocycles. The van der Waals surface area contributed by atoms with Crippen LogP contribution in [0, 0.1) is 10.1 Å². The first-order valence-electron chi connectivity index (χ1n) is 6.01. The lowest BCUT2D eigenvalue weighted by Crippen LogP contribution is -2.04. The van der Waals surface area contributed by atoms with Crippen LogP contribution in [0.5, 0.6) is 5.75 Å². The number of halogens is 2. The SMILES string of the molecule is COc1ccc(Cl)cc1NCc1cc(Cl)ccc1[N+](=O)[O-]. The van der Waals surface area contributed by atoms with Gasteiger partial charge in [0, 0.05) is 22.7 Å². The average Bonchev–Trinajstić information content (AvgIpc) is 2.45. The first-order chi connectivity index (χ1) is 10.0. The lowest BCUT2D eigenvalue weighted by atomic mass is 10.1. The fourth-order valence-corrected chi connectivity index (χ4v) is 2.25. The molecule has 0 aliphatic rings. The highest BCUT2D eigenvalue weighted by Crippen LogP contribution is 2.29. The zero-order chi connectivity index (χ0) is 15.4. The van der Waals surface area contributed by atoms with Gasteiger partial charge in [0.2, 0.25) is 0 Å². The molecule has 2 aromatic carbocycles. The Morgan fingerprint density at radius 2 is 1.86 bits per heavy atom. The van der Waals surface area contributed by atoms with Crippen LogP contribution >= 0.6 is 23.2 Å². The monoisotopic (exact) mass is 326 g/mol. The summed E-state index contributed by atoms with van der Waals surface area (Å²) in [6.07, 6.45) is 0. The summed E-state index contributed by atoms with van der Waals surface area (Å²) in [5.41, 5.74) is 1.14. The molecule has 5 nitrogen and oxygen atoms in total. The van der Waals surface area contributed by atoms with Crippen LogP contribution < -0.4 is 10.1 Å². The van der Waals surface area contributed by atoms with Crippen LogP contribution in [0.4, 0.5) is 11.4 Å². The fraction of sp³-hybridized carbons (Fsp3) is 0.143. The third-order valence-electron chi connectivity index (χ3n) is 2.87. The summed E-state index contributed by atoms with van der Waals surface area (Å²) in [5, 5.41) is 15.1. The van der Waals surface area contributed by atoms with Crippen LogP contribution in [-0.2, 0) is 6.54 Å². The Morgan fingerprint density at radius 1 is 1.19 bits per heavy atom. The molecule has 0 aromatic heterocycles. The molecule has 0 atom stereocenters. The lowest BCUT2D eigenvalue weighted by Gasteiger charge is -2.12. The minimum Gasteiger partial charge on any atom is -0.495 e. The number of nitro benzene ring substituents is 1. The second kappa shape index (κ2) is 6.65. The zero-order valence-electron chi connectivity index (χ0n) is 11.1. The van der Waals surface area contributed by atoms with Gasteiger partial charge in [0.1, 0.15) is 5.75 Å². The Hall–Kier alpha value is -1.98. The molecule has 7 heteroatoms. The van der Waals surface area contributed by atoms with Crippen molar-refractivity contribution in [2.24, 2.45) is 0 Å². The normalized spacial score (nSPS) is 10.2. The molecule has 0 amide bonds. The van der Waals surface area contributed by atoms with Gasteiger partial charge in [-0.25, -0.2) is 0 Å². The van der Waals surface area contributed by atoms with Gasteiger partial charge in [-0.3, -0.25) is 10.1 Å². The van der Waals surface area contributed by atoms with E-state index in [4.69, 9.17) is 27.9 Å². The highest BCUT2D eigenvalue weighted by molar-refractivity contribution is 6.31. The molecule has 0 aliphatic heterocycles. The van der Waals surface area contributed by atoms with Gasteiger partial charge in [0.05, 0.1) is 23.3 Å². The summed E-state index contributed by atoms with van der Waals surface area (Å²) in [7, 11) is 1.54. The van der Waals surface area contributed by atoms with Crippen molar-refractivity contribution in [1.29, 1.82) is 0 Å². The molecule has 0 spiro atoms. The van der Waals surface area contributed by atoms with Crippen LogP contribution in [0.3, 0.4) is 0 Å². The molecule has 0 radical (unpaired) electrons. The number of nitrogens with one attached hydrogen (secondary N) is 1.